The fourth-order valence-corrected chi connectivity index (χ4v) is 5.40. The number of likely N-dealkylation sites (N-methyl/N-ethyl adjacent to an activating group) is 1. The smallest absolute Gasteiger partial charge is 0.166 e. The SMILES string of the molecule is CN(CCN1CCc2ccccc2C1)c1ccnc(CSc2nc3ccccc3[nH]2)c1Cl.Cl.Cl.Cl. The lowest BCUT2D eigenvalue weighted by Crippen LogP contribution is -2.36. The van der Waals surface area contributed by atoms with Crippen LogP contribution in [0.2, 0.25) is 5.02 Å². The van der Waals surface area contributed by atoms with Crippen LogP contribution in [-0.4, -0.2) is 46.5 Å². The number of nitrogens with zero attached hydrogens (tertiary/aromatic N) is 4. The van der Waals surface area contributed by atoms with Crippen LogP contribution in [-0.2, 0) is 18.7 Å². The summed E-state index contributed by atoms with van der Waals surface area (Å²) >= 11 is 8.40. The summed E-state index contributed by atoms with van der Waals surface area (Å²) in [4.78, 5) is 17.3. The summed E-state index contributed by atoms with van der Waals surface area (Å²) in [6.45, 7) is 4.05. The molecule has 0 fully saturated rings. The van der Waals surface area contributed by atoms with Gasteiger partial charge in [-0.25, -0.2) is 4.98 Å². The highest BCUT2D eigenvalue weighted by Gasteiger charge is 2.17. The Morgan fingerprint density at radius 3 is 2.57 bits per heavy atom. The van der Waals surface area contributed by atoms with Crippen molar-refractivity contribution in [1.29, 1.82) is 0 Å². The number of rotatable bonds is 7. The number of thioether (sulfide) groups is 1. The van der Waals surface area contributed by atoms with Crippen molar-refractivity contribution in [3.63, 3.8) is 0 Å². The second-order valence-corrected chi connectivity index (χ2v) is 9.50. The fraction of sp³-hybridized carbons (Fsp3) is 0.280. The van der Waals surface area contributed by atoms with Crippen molar-refractivity contribution in [2.75, 3.05) is 31.6 Å². The summed E-state index contributed by atoms with van der Waals surface area (Å²) in [7, 11) is 2.11. The van der Waals surface area contributed by atoms with Gasteiger partial charge in [0.2, 0.25) is 0 Å². The molecule has 0 bridgehead atoms. The Morgan fingerprint density at radius 1 is 1.03 bits per heavy atom. The molecule has 10 heteroatoms. The van der Waals surface area contributed by atoms with Gasteiger partial charge in [-0.2, -0.15) is 0 Å². The molecule has 0 radical (unpaired) electrons. The molecular weight excluding hydrogens is 544 g/mol. The molecule has 5 rings (SSSR count). The van der Waals surface area contributed by atoms with Crippen LogP contribution in [0.25, 0.3) is 11.0 Å². The van der Waals surface area contributed by atoms with Gasteiger partial charge in [-0.05, 0) is 35.7 Å². The minimum absolute atomic E-state index is 0. The van der Waals surface area contributed by atoms with Gasteiger partial charge in [-0.1, -0.05) is 59.8 Å². The van der Waals surface area contributed by atoms with Gasteiger partial charge >= 0.3 is 0 Å². The number of aromatic amines is 1. The van der Waals surface area contributed by atoms with Gasteiger partial charge in [0.25, 0.3) is 0 Å². The maximum Gasteiger partial charge on any atom is 0.166 e. The first kappa shape index (κ1) is 29.6. The van der Waals surface area contributed by atoms with Gasteiger partial charge in [0.15, 0.2) is 5.16 Å². The first-order valence-electron chi connectivity index (χ1n) is 10.9. The molecule has 35 heavy (non-hydrogen) atoms. The molecule has 0 atom stereocenters. The lowest BCUT2D eigenvalue weighted by Gasteiger charge is -2.31. The van der Waals surface area contributed by atoms with E-state index in [1.54, 1.807) is 11.8 Å². The van der Waals surface area contributed by atoms with Gasteiger partial charge < -0.3 is 9.88 Å². The van der Waals surface area contributed by atoms with Crippen molar-refractivity contribution in [3.05, 3.63) is 82.6 Å². The summed E-state index contributed by atoms with van der Waals surface area (Å²) < 4.78 is 0. The molecular formula is C25H29Cl4N5S. The lowest BCUT2D eigenvalue weighted by atomic mass is 10.00. The van der Waals surface area contributed by atoms with E-state index in [1.165, 1.54) is 11.1 Å². The maximum absolute atomic E-state index is 6.78. The number of benzene rings is 2. The Bertz CT molecular complexity index is 1200. The molecule has 5 nitrogen and oxygen atoms in total. The molecule has 1 aliphatic rings. The van der Waals surface area contributed by atoms with Crippen molar-refractivity contribution >= 4 is 77.3 Å². The van der Waals surface area contributed by atoms with Gasteiger partial charge in [0.1, 0.15) is 0 Å². The number of para-hydroxylation sites is 2. The van der Waals surface area contributed by atoms with E-state index >= 15 is 0 Å². The predicted octanol–water partition coefficient (Wildman–Crippen LogP) is 6.66. The second-order valence-electron chi connectivity index (χ2n) is 8.15. The molecule has 0 aliphatic carbocycles. The summed E-state index contributed by atoms with van der Waals surface area (Å²) in [5.41, 5.74) is 6.87. The molecule has 1 aliphatic heterocycles. The van der Waals surface area contributed by atoms with Crippen LogP contribution in [0.1, 0.15) is 16.8 Å². The first-order valence-corrected chi connectivity index (χ1v) is 12.2. The number of anilines is 1. The van der Waals surface area contributed by atoms with Crippen LogP contribution in [0.5, 0.6) is 0 Å². The Hall–Kier alpha value is -1.67. The largest absolute Gasteiger partial charge is 0.372 e. The lowest BCUT2D eigenvalue weighted by molar-refractivity contribution is 0.260. The zero-order valence-electron chi connectivity index (χ0n) is 19.3. The third-order valence-electron chi connectivity index (χ3n) is 6.03. The van der Waals surface area contributed by atoms with E-state index in [0.717, 1.165) is 65.2 Å². The molecule has 4 aromatic rings. The topological polar surface area (TPSA) is 48.1 Å². The average molecular weight is 573 g/mol. The van der Waals surface area contributed by atoms with Crippen molar-refractivity contribution in [3.8, 4) is 0 Å². The zero-order valence-corrected chi connectivity index (χ0v) is 23.3. The molecule has 0 spiro atoms. The number of imidazole rings is 1. The highest BCUT2D eigenvalue weighted by atomic mass is 35.5. The van der Waals surface area contributed by atoms with E-state index in [4.69, 9.17) is 11.6 Å². The van der Waals surface area contributed by atoms with Crippen LogP contribution < -0.4 is 4.90 Å². The number of H-pyrrole nitrogens is 1. The maximum atomic E-state index is 6.78. The van der Waals surface area contributed by atoms with Crippen LogP contribution in [0, 0.1) is 0 Å². The van der Waals surface area contributed by atoms with Gasteiger partial charge in [-0.3, -0.25) is 9.88 Å². The molecule has 3 heterocycles. The Morgan fingerprint density at radius 2 is 1.77 bits per heavy atom. The quantitative estimate of drug-likeness (QED) is 0.251. The number of hydrogen-bond acceptors (Lipinski definition) is 5. The van der Waals surface area contributed by atoms with E-state index in [2.05, 4.69) is 56.1 Å². The zero-order chi connectivity index (χ0) is 21.9. The van der Waals surface area contributed by atoms with E-state index < -0.39 is 0 Å². The van der Waals surface area contributed by atoms with Crippen LogP contribution in [0.4, 0.5) is 5.69 Å². The van der Waals surface area contributed by atoms with Crippen molar-refractivity contribution in [1.82, 2.24) is 19.9 Å². The number of nitrogens with one attached hydrogen (secondary N) is 1. The van der Waals surface area contributed by atoms with E-state index in [1.807, 2.05) is 36.5 Å². The molecule has 188 valence electrons. The van der Waals surface area contributed by atoms with E-state index in [-0.39, 0.29) is 37.2 Å². The van der Waals surface area contributed by atoms with Gasteiger partial charge in [-0.15, -0.1) is 37.2 Å². The van der Waals surface area contributed by atoms with Crippen molar-refractivity contribution in [2.24, 2.45) is 0 Å². The normalized spacial score (nSPS) is 12.7. The number of aromatic nitrogens is 3. The molecule has 0 amide bonds. The molecule has 0 unspecified atom stereocenters. The Balaban J connectivity index is 0.00000144. The summed E-state index contributed by atoms with van der Waals surface area (Å²) in [5.74, 6) is 0.670. The third kappa shape index (κ3) is 6.97. The number of fused-ring (bicyclic) bond motifs is 2. The van der Waals surface area contributed by atoms with Crippen molar-refractivity contribution in [2.45, 2.75) is 23.9 Å². The number of hydrogen-bond donors (Lipinski definition) is 1. The van der Waals surface area contributed by atoms with Crippen LogP contribution in [0.15, 0.2) is 66.0 Å². The summed E-state index contributed by atoms with van der Waals surface area (Å²) in [5, 5.41) is 1.61. The standard InChI is InChI=1S/C25H26ClN5S.3ClH/c1-30(14-15-31-13-11-18-6-2-3-7-19(18)16-31)23-10-12-27-22(24(23)26)17-32-25-28-20-8-4-5-9-21(20)29-25;;;/h2-10,12H,11,13-17H2,1H3,(H,28,29);3*1H. The highest BCUT2D eigenvalue weighted by Crippen LogP contribution is 2.31. The Kier molecular flexibility index (Phi) is 11.5. The van der Waals surface area contributed by atoms with E-state index in [0.29, 0.717) is 5.75 Å². The third-order valence-corrected chi connectivity index (χ3v) is 7.32. The monoisotopic (exact) mass is 571 g/mol. The predicted molar refractivity (Wildman–Crippen MR) is 155 cm³/mol. The molecule has 0 saturated carbocycles. The van der Waals surface area contributed by atoms with Gasteiger partial charge in [0, 0.05) is 45.2 Å². The van der Waals surface area contributed by atoms with Gasteiger partial charge in [0.05, 0.1) is 27.4 Å². The summed E-state index contributed by atoms with van der Waals surface area (Å²) in [6.07, 6.45) is 2.97. The summed E-state index contributed by atoms with van der Waals surface area (Å²) in [6, 6.07) is 18.8. The minimum Gasteiger partial charge on any atom is -0.372 e. The second kappa shape index (κ2) is 13.6. The molecule has 1 N–H and O–H groups in total. The Labute approximate surface area is 234 Å². The molecule has 0 saturated heterocycles. The highest BCUT2D eigenvalue weighted by molar-refractivity contribution is 7.98. The van der Waals surface area contributed by atoms with Crippen LogP contribution >= 0.6 is 60.6 Å². The minimum atomic E-state index is 0. The number of pyridine rings is 1. The van der Waals surface area contributed by atoms with Crippen LogP contribution in [0.3, 0.4) is 0 Å². The average Bonchev–Trinajstić information content (AvgIpc) is 3.25. The van der Waals surface area contributed by atoms with Crippen molar-refractivity contribution < 1.29 is 0 Å². The fourth-order valence-electron chi connectivity index (χ4n) is 4.16. The molecule has 2 aromatic heterocycles. The first-order chi connectivity index (χ1) is 15.7. The number of halogens is 4. The molecule has 2 aromatic carbocycles. The van der Waals surface area contributed by atoms with E-state index in [9.17, 15) is 0 Å².